The van der Waals surface area contributed by atoms with E-state index < -0.39 is 17.9 Å². The quantitative estimate of drug-likeness (QED) is 0.229. The van der Waals surface area contributed by atoms with Crippen molar-refractivity contribution < 1.29 is 19.4 Å². The number of nitrogens with zero attached hydrogens (tertiary/aromatic N) is 3. The number of halogens is 2. The van der Waals surface area contributed by atoms with Gasteiger partial charge in [-0.1, -0.05) is 91.7 Å². The van der Waals surface area contributed by atoms with E-state index in [2.05, 4.69) is 5.10 Å². The standard InChI is InChI=1S/C26H23Cl2N3O4S2/c1-4-14(2)21(25(33)34)30-23(32)20(37-26(30)36)13-17-15(3)29-31(16-9-6-5-7-10-16)24(17)35-22-18(27)11-8-12-19(22)28/h5-14,21H,4H2,1-3H3,(H,33,34)/b20-13-/t14?,21-/m0/s1. The van der Waals surface area contributed by atoms with E-state index in [1.165, 1.54) is 4.90 Å². The molecule has 0 radical (unpaired) electrons. The third-order valence-corrected chi connectivity index (χ3v) is 7.92. The van der Waals surface area contributed by atoms with Gasteiger partial charge < -0.3 is 9.84 Å². The minimum Gasteiger partial charge on any atom is -0.480 e. The minimum atomic E-state index is -1.10. The molecule has 0 aliphatic carbocycles. The number of carboxylic acid groups (broad SMARTS) is 1. The molecule has 1 N–H and O–H groups in total. The first-order chi connectivity index (χ1) is 17.6. The molecule has 1 saturated heterocycles. The summed E-state index contributed by atoms with van der Waals surface area (Å²) < 4.78 is 8.04. The Morgan fingerprint density at radius 2 is 1.84 bits per heavy atom. The molecule has 37 heavy (non-hydrogen) atoms. The van der Waals surface area contributed by atoms with E-state index in [0.29, 0.717) is 33.6 Å². The van der Waals surface area contributed by atoms with Gasteiger partial charge in [0.15, 0.2) is 5.75 Å². The fourth-order valence-corrected chi connectivity index (χ4v) is 5.67. The van der Waals surface area contributed by atoms with E-state index in [4.69, 9.17) is 40.2 Å². The van der Waals surface area contributed by atoms with Gasteiger partial charge in [-0.15, -0.1) is 0 Å². The molecule has 2 heterocycles. The van der Waals surface area contributed by atoms with Crippen LogP contribution in [0.5, 0.6) is 11.6 Å². The fraction of sp³-hybridized carbons (Fsp3) is 0.231. The van der Waals surface area contributed by atoms with Crippen molar-refractivity contribution in [1.29, 1.82) is 0 Å². The molecule has 192 valence electrons. The lowest BCUT2D eigenvalue weighted by Gasteiger charge is -2.27. The predicted octanol–water partition coefficient (Wildman–Crippen LogP) is 6.98. The fourth-order valence-electron chi connectivity index (χ4n) is 3.89. The molecule has 0 saturated carbocycles. The summed E-state index contributed by atoms with van der Waals surface area (Å²) in [6.45, 7) is 5.44. The zero-order valence-electron chi connectivity index (χ0n) is 20.1. The number of benzene rings is 2. The number of thioether (sulfide) groups is 1. The van der Waals surface area contributed by atoms with Gasteiger partial charge in [-0.05, 0) is 43.2 Å². The summed E-state index contributed by atoms with van der Waals surface area (Å²) in [5, 5.41) is 15.1. The molecule has 1 aliphatic heterocycles. The molecule has 3 aromatic rings. The highest BCUT2D eigenvalue weighted by Crippen LogP contribution is 2.42. The van der Waals surface area contributed by atoms with Crippen molar-refractivity contribution in [1.82, 2.24) is 14.7 Å². The van der Waals surface area contributed by atoms with Crippen molar-refractivity contribution in [3.8, 4) is 17.3 Å². The van der Waals surface area contributed by atoms with Crippen molar-refractivity contribution in [2.75, 3.05) is 0 Å². The molecule has 2 aromatic carbocycles. The summed E-state index contributed by atoms with van der Waals surface area (Å²) in [5.41, 5.74) is 1.80. The van der Waals surface area contributed by atoms with E-state index in [1.807, 2.05) is 37.3 Å². The second kappa shape index (κ2) is 11.3. The van der Waals surface area contributed by atoms with Gasteiger partial charge in [-0.2, -0.15) is 9.78 Å². The van der Waals surface area contributed by atoms with Crippen LogP contribution in [0.3, 0.4) is 0 Å². The Hall–Kier alpha value is -2.85. The van der Waals surface area contributed by atoms with Crippen molar-refractivity contribution in [3.63, 3.8) is 0 Å². The second-order valence-corrected chi connectivity index (χ2v) is 10.9. The second-order valence-electron chi connectivity index (χ2n) is 8.42. The first-order valence-corrected chi connectivity index (χ1v) is 13.4. The number of amides is 1. The zero-order chi connectivity index (χ0) is 26.9. The normalized spacial score (nSPS) is 16.4. The van der Waals surface area contributed by atoms with Crippen LogP contribution >= 0.6 is 47.2 Å². The zero-order valence-corrected chi connectivity index (χ0v) is 23.3. The highest BCUT2D eigenvalue weighted by atomic mass is 35.5. The van der Waals surface area contributed by atoms with Gasteiger partial charge in [-0.25, -0.2) is 4.79 Å². The molecule has 2 atom stereocenters. The van der Waals surface area contributed by atoms with Crippen LogP contribution in [0.15, 0.2) is 53.4 Å². The predicted molar refractivity (Wildman–Crippen MR) is 151 cm³/mol. The average molecular weight is 577 g/mol. The van der Waals surface area contributed by atoms with Crippen molar-refractivity contribution >= 4 is 69.5 Å². The largest absolute Gasteiger partial charge is 0.480 e. The van der Waals surface area contributed by atoms with Gasteiger partial charge in [0.1, 0.15) is 10.4 Å². The summed E-state index contributed by atoms with van der Waals surface area (Å²) in [7, 11) is 0. The van der Waals surface area contributed by atoms with E-state index in [0.717, 1.165) is 17.4 Å². The first kappa shape index (κ1) is 27.2. The number of ether oxygens (including phenoxy) is 1. The molecule has 11 heteroatoms. The van der Waals surface area contributed by atoms with E-state index in [-0.39, 0.29) is 20.9 Å². The number of rotatable bonds is 8. The van der Waals surface area contributed by atoms with Crippen LogP contribution in [-0.4, -0.2) is 42.0 Å². The number of carbonyl (C=O) groups is 2. The van der Waals surface area contributed by atoms with E-state index in [1.54, 1.807) is 42.8 Å². The molecule has 4 rings (SSSR count). The van der Waals surface area contributed by atoms with Crippen molar-refractivity contribution in [3.05, 3.63) is 74.7 Å². The number of para-hydroxylation sites is 2. The lowest BCUT2D eigenvalue weighted by Crippen LogP contribution is -2.47. The van der Waals surface area contributed by atoms with E-state index >= 15 is 0 Å². The Morgan fingerprint density at radius 3 is 2.43 bits per heavy atom. The number of hydrogen-bond donors (Lipinski definition) is 1. The molecule has 7 nitrogen and oxygen atoms in total. The van der Waals surface area contributed by atoms with E-state index in [9.17, 15) is 14.7 Å². The maximum absolute atomic E-state index is 13.4. The molecule has 1 fully saturated rings. The minimum absolute atomic E-state index is 0.189. The van der Waals surface area contributed by atoms with Gasteiger partial charge in [-0.3, -0.25) is 9.69 Å². The van der Waals surface area contributed by atoms with Gasteiger partial charge in [0, 0.05) is 0 Å². The van der Waals surface area contributed by atoms with Gasteiger partial charge >= 0.3 is 5.97 Å². The van der Waals surface area contributed by atoms with Crippen LogP contribution in [0, 0.1) is 12.8 Å². The average Bonchev–Trinajstić information content (AvgIpc) is 3.32. The molecule has 1 amide bonds. The lowest BCUT2D eigenvalue weighted by molar-refractivity contribution is -0.147. The Kier molecular flexibility index (Phi) is 8.28. The van der Waals surface area contributed by atoms with Crippen LogP contribution in [-0.2, 0) is 9.59 Å². The summed E-state index contributed by atoms with van der Waals surface area (Å²) in [4.78, 5) is 26.9. The molecule has 1 unspecified atom stereocenters. The van der Waals surface area contributed by atoms with Gasteiger partial charge in [0.2, 0.25) is 5.88 Å². The number of carbonyl (C=O) groups excluding carboxylic acids is 1. The number of hydrogen-bond acceptors (Lipinski definition) is 6. The Balaban J connectivity index is 1.83. The monoisotopic (exact) mass is 575 g/mol. The van der Waals surface area contributed by atoms with Crippen LogP contribution in [0.4, 0.5) is 0 Å². The summed E-state index contributed by atoms with van der Waals surface area (Å²) >= 11 is 19.3. The number of aliphatic carboxylic acids is 1. The Bertz CT molecular complexity index is 1390. The lowest BCUT2D eigenvalue weighted by atomic mass is 9.98. The maximum atomic E-state index is 13.4. The Morgan fingerprint density at radius 1 is 1.19 bits per heavy atom. The van der Waals surface area contributed by atoms with Crippen LogP contribution in [0.1, 0.15) is 31.5 Å². The molecular formula is C26H23Cl2N3O4S2. The summed E-state index contributed by atoms with van der Waals surface area (Å²) in [6, 6.07) is 13.3. The summed E-state index contributed by atoms with van der Waals surface area (Å²) in [5.74, 6) is -1.33. The van der Waals surface area contributed by atoms with Crippen LogP contribution in [0.25, 0.3) is 11.8 Å². The third kappa shape index (κ3) is 5.40. The van der Waals surface area contributed by atoms with Crippen molar-refractivity contribution in [2.24, 2.45) is 5.92 Å². The topological polar surface area (TPSA) is 84.7 Å². The first-order valence-electron chi connectivity index (χ1n) is 11.4. The van der Waals surface area contributed by atoms with Crippen molar-refractivity contribution in [2.45, 2.75) is 33.2 Å². The molecule has 1 aromatic heterocycles. The molecule has 0 bridgehead atoms. The third-order valence-electron chi connectivity index (χ3n) is 5.99. The molecular weight excluding hydrogens is 553 g/mol. The van der Waals surface area contributed by atoms with Gasteiger partial charge in [0.25, 0.3) is 5.91 Å². The number of aryl methyl sites for hydroxylation is 1. The maximum Gasteiger partial charge on any atom is 0.327 e. The highest BCUT2D eigenvalue weighted by Gasteiger charge is 2.43. The smallest absolute Gasteiger partial charge is 0.327 e. The summed E-state index contributed by atoms with van der Waals surface area (Å²) in [6.07, 6.45) is 2.20. The van der Waals surface area contributed by atoms with Crippen LogP contribution < -0.4 is 4.74 Å². The highest BCUT2D eigenvalue weighted by molar-refractivity contribution is 8.26. The Labute approximate surface area is 234 Å². The number of thiocarbonyl (C=S) groups is 1. The van der Waals surface area contributed by atoms with Gasteiger partial charge in [0.05, 0.1) is 31.9 Å². The molecule has 1 aliphatic rings. The number of carboxylic acids is 1. The molecule has 0 spiro atoms. The van der Waals surface area contributed by atoms with Crippen LogP contribution in [0.2, 0.25) is 10.0 Å². The number of aromatic nitrogens is 2. The SMILES string of the molecule is CCC(C)[C@@H](C(=O)O)N1C(=O)/C(=C/c2c(C)nn(-c3ccccc3)c2Oc2c(Cl)cccc2Cl)SC1=S.